The molecule has 0 bridgehead atoms. The van der Waals surface area contributed by atoms with Crippen LogP contribution in [0.25, 0.3) is 0 Å². The van der Waals surface area contributed by atoms with E-state index in [1.165, 1.54) is 30.0 Å². The quantitative estimate of drug-likeness (QED) is 0.313. The van der Waals surface area contributed by atoms with E-state index in [-0.39, 0.29) is 29.7 Å². The summed E-state index contributed by atoms with van der Waals surface area (Å²) in [6.45, 7) is 1.69. The Morgan fingerprint density at radius 2 is 1.84 bits per heavy atom. The van der Waals surface area contributed by atoms with Crippen molar-refractivity contribution in [1.82, 2.24) is 14.8 Å². The fourth-order valence-electron chi connectivity index (χ4n) is 2.71. The van der Waals surface area contributed by atoms with Crippen LogP contribution in [0.4, 0.5) is 17.1 Å². The topological polar surface area (TPSA) is 132 Å². The van der Waals surface area contributed by atoms with E-state index in [0.29, 0.717) is 27.9 Å². The third-order valence-corrected chi connectivity index (χ3v) is 5.35. The molecule has 0 fully saturated rings. The first-order valence-electron chi connectivity index (χ1n) is 9.24. The molecule has 0 atom stereocenters. The zero-order valence-electron chi connectivity index (χ0n) is 16.9. The van der Waals surface area contributed by atoms with Crippen LogP contribution in [0, 0.1) is 17.0 Å². The molecule has 0 aliphatic heterocycles. The van der Waals surface area contributed by atoms with Crippen LogP contribution in [-0.2, 0) is 23.1 Å². The molecule has 0 saturated heterocycles. The van der Waals surface area contributed by atoms with Gasteiger partial charge < -0.3 is 15.2 Å². The number of rotatable bonds is 8. The van der Waals surface area contributed by atoms with Gasteiger partial charge in [-0.25, -0.2) is 0 Å². The monoisotopic (exact) mass is 440 g/mol. The molecule has 11 heteroatoms. The normalized spacial score (nSPS) is 10.5. The number of nitrogens with zero attached hydrogens (tertiary/aromatic N) is 4. The Balaban J connectivity index is 1.54. The number of anilines is 2. The molecule has 1 heterocycles. The number of nitro groups is 1. The van der Waals surface area contributed by atoms with Crippen molar-refractivity contribution in [1.29, 1.82) is 0 Å². The number of aromatic nitrogens is 3. The smallest absolute Gasteiger partial charge is 0.269 e. The summed E-state index contributed by atoms with van der Waals surface area (Å²) in [4.78, 5) is 34.8. The van der Waals surface area contributed by atoms with Crippen LogP contribution < -0.4 is 10.6 Å². The number of aryl methyl sites for hydroxylation is 1. The number of amides is 2. The highest BCUT2D eigenvalue weighted by Gasteiger charge is 2.15. The van der Waals surface area contributed by atoms with Crippen LogP contribution in [0.2, 0.25) is 0 Å². The Hall–Kier alpha value is -3.73. The summed E-state index contributed by atoms with van der Waals surface area (Å²) >= 11 is 1.18. The molecule has 2 aromatic carbocycles. The second kappa shape index (κ2) is 9.85. The molecule has 31 heavy (non-hydrogen) atoms. The zero-order valence-corrected chi connectivity index (χ0v) is 17.7. The van der Waals surface area contributed by atoms with Crippen LogP contribution in [0.15, 0.2) is 53.7 Å². The number of hydrogen-bond donors (Lipinski definition) is 2. The van der Waals surface area contributed by atoms with E-state index in [0.717, 1.165) is 0 Å². The van der Waals surface area contributed by atoms with Gasteiger partial charge in [0.25, 0.3) is 5.69 Å². The van der Waals surface area contributed by atoms with E-state index in [4.69, 9.17) is 0 Å². The molecule has 0 unspecified atom stereocenters. The highest BCUT2D eigenvalue weighted by molar-refractivity contribution is 7.99. The number of para-hydroxylation sites is 1. The van der Waals surface area contributed by atoms with Crippen molar-refractivity contribution in [2.45, 2.75) is 18.5 Å². The van der Waals surface area contributed by atoms with Gasteiger partial charge in [0.05, 0.1) is 17.1 Å². The maximum atomic E-state index is 12.3. The molecule has 0 saturated carbocycles. The minimum atomic E-state index is -0.486. The standard InChI is InChI=1S/C20H20N6O4S/c1-13-10-15(26(29)30)8-9-16(13)22-19(28)12-31-20-24-23-17(25(20)2)11-18(27)21-14-6-4-3-5-7-14/h3-10H,11-12H2,1-2H3,(H,21,27)(H,22,28). The number of non-ortho nitro benzene ring substituents is 1. The first-order valence-corrected chi connectivity index (χ1v) is 10.2. The lowest BCUT2D eigenvalue weighted by molar-refractivity contribution is -0.384. The minimum absolute atomic E-state index is 0.0345. The number of nitro benzene ring substituents is 1. The lowest BCUT2D eigenvalue weighted by atomic mass is 10.2. The zero-order chi connectivity index (χ0) is 22.4. The van der Waals surface area contributed by atoms with Crippen LogP contribution in [0.5, 0.6) is 0 Å². The molecule has 2 amide bonds. The van der Waals surface area contributed by atoms with E-state index >= 15 is 0 Å². The molecule has 160 valence electrons. The number of hydrogen-bond acceptors (Lipinski definition) is 7. The van der Waals surface area contributed by atoms with Gasteiger partial charge >= 0.3 is 0 Å². The molecule has 2 N–H and O–H groups in total. The van der Waals surface area contributed by atoms with E-state index < -0.39 is 4.92 Å². The summed E-state index contributed by atoms with van der Waals surface area (Å²) < 4.78 is 1.67. The van der Waals surface area contributed by atoms with E-state index in [2.05, 4.69) is 20.8 Å². The summed E-state index contributed by atoms with van der Waals surface area (Å²) in [6.07, 6.45) is 0.0488. The second-order valence-corrected chi connectivity index (χ2v) is 7.58. The SMILES string of the molecule is Cc1cc([N+](=O)[O-])ccc1NC(=O)CSc1nnc(CC(=O)Nc2ccccc2)n1C. The van der Waals surface area contributed by atoms with Gasteiger partial charge in [-0.15, -0.1) is 10.2 Å². The van der Waals surface area contributed by atoms with E-state index in [1.54, 1.807) is 30.7 Å². The van der Waals surface area contributed by atoms with Gasteiger partial charge in [-0.2, -0.15) is 0 Å². The summed E-state index contributed by atoms with van der Waals surface area (Å²) in [5.74, 6) is 0.0408. The molecule has 10 nitrogen and oxygen atoms in total. The van der Waals surface area contributed by atoms with Crippen LogP contribution in [-0.4, -0.2) is 37.3 Å². The molecule has 0 spiro atoms. The van der Waals surface area contributed by atoms with Crippen LogP contribution in [0.3, 0.4) is 0 Å². The number of benzene rings is 2. The third-order valence-electron chi connectivity index (χ3n) is 4.33. The fourth-order valence-corrected chi connectivity index (χ4v) is 3.44. The Morgan fingerprint density at radius 1 is 1.10 bits per heavy atom. The Morgan fingerprint density at radius 3 is 2.52 bits per heavy atom. The third kappa shape index (κ3) is 5.89. The lowest BCUT2D eigenvalue weighted by Gasteiger charge is -2.08. The average Bonchev–Trinajstić information content (AvgIpc) is 3.07. The van der Waals surface area contributed by atoms with Gasteiger partial charge in [0.15, 0.2) is 5.16 Å². The second-order valence-electron chi connectivity index (χ2n) is 6.64. The van der Waals surface area contributed by atoms with Crippen molar-refractivity contribution in [3.63, 3.8) is 0 Å². The minimum Gasteiger partial charge on any atom is -0.326 e. The molecule has 3 rings (SSSR count). The summed E-state index contributed by atoms with van der Waals surface area (Å²) in [5, 5.41) is 24.9. The Labute approximate surface area is 182 Å². The maximum Gasteiger partial charge on any atom is 0.269 e. The molecule has 3 aromatic rings. The van der Waals surface area contributed by atoms with Gasteiger partial charge in [0.2, 0.25) is 11.8 Å². The highest BCUT2D eigenvalue weighted by atomic mass is 32.2. The van der Waals surface area contributed by atoms with Crippen LogP contribution >= 0.6 is 11.8 Å². The lowest BCUT2D eigenvalue weighted by Crippen LogP contribution is -2.17. The average molecular weight is 440 g/mol. The number of carbonyl (C=O) groups is 2. The van der Waals surface area contributed by atoms with Gasteiger partial charge in [0.1, 0.15) is 5.82 Å². The number of carbonyl (C=O) groups excluding carboxylic acids is 2. The first kappa shape index (κ1) is 22.0. The molecule has 0 radical (unpaired) electrons. The van der Waals surface area contributed by atoms with Gasteiger partial charge in [-0.1, -0.05) is 30.0 Å². The molecule has 1 aromatic heterocycles. The Bertz CT molecular complexity index is 1120. The van der Waals surface area contributed by atoms with E-state index in [1.807, 2.05) is 18.2 Å². The highest BCUT2D eigenvalue weighted by Crippen LogP contribution is 2.22. The van der Waals surface area contributed by atoms with Crippen molar-refractivity contribution in [3.05, 3.63) is 70.0 Å². The van der Waals surface area contributed by atoms with Crippen molar-refractivity contribution in [3.8, 4) is 0 Å². The predicted molar refractivity (Wildman–Crippen MR) is 117 cm³/mol. The molecule has 0 aliphatic rings. The summed E-state index contributed by atoms with van der Waals surface area (Å²) in [7, 11) is 1.73. The first-order chi connectivity index (χ1) is 14.8. The largest absolute Gasteiger partial charge is 0.326 e. The molecule has 0 aliphatic carbocycles. The fraction of sp³-hybridized carbons (Fsp3) is 0.200. The van der Waals surface area contributed by atoms with E-state index in [9.17, 15) is 19.7 Å². The maximum absolute atomic E-state index is 12.3. The predicted octanol–water partition coefficient (Wildman–Crippen LogP) is 2.94. The number of thioether (sulfide) groups is 1. The van der Waals surface area contributed by atoms with Crippen molar-refractivity contribution < 1.29 is 14.5 Å². The summed E-state index contributed by atoms with van der Waals surface area (Å²) in [5.41, 5.74) is 1.76. The van der Waals surface area contributed by atoms with Crippen molar-refractivity contribution in [2.24, 2.45) is 7.05 Å². The van der Waals surface area contributed by atoms with Gasteiger partial charge in [-0.05, 0) is 30.7 Å². The molecular formula is C20H20N6O4S. The van der Waals surface area contributed by atoms with Gasteiger partial charge in [-0.3, -0.25) is 19.7 Å². The van der Waals surface area contributed by atoms with Gasteiger partial charge in [0, 0.05) is 30.6 Å². The Kier molecular flexibility index (Phi) is 6.98. The summed E-state index contributed by atoms with van der Waals surface area (Å²) in [6, 6.07) is 13.3. The number of nitrogens with one attached hydrogen (secondary N) is 2. The van der Waals surface area contributed by atoms with Crippen molar-refractivity contribution in [2.75, 3.05) is 16.4 Å². The molecular weight excluding hydrogens is 420 g/mol. The van der Waals surface area contributed by atoms with Crippen LogP contribution in [0.1, 0.15) is 11.4 Å². The van der Waals surface area contributed by atoms with Crippen molar-refractivity contribution >= 4 is 40.6 Å².